The Hall–Kier alpha value is -0.677. The van der Waals surface area contributed by atoms with Crippen LogP contribution < -0.4 is 0 Å². The molecule has 0 atom stereocenters. The fraction of sp³-hybridized carbons (Fsp3) is 0.588. The molecule has 2 saturated carbocycles. The van der Waals surface area contributed by atoms with Crippen LogP contribution in [0.25, 0.3) is 0 Å². The summed E-state index contributed by atoms with van der Waals surface area (Å²) in [6, 6.07) is 25.0. The van der Waals surface area contributed by atoms with Gasteiger partial charge in [0.05, 0.1) is 0 Å². The summed E-state index contributed by atoms with van der Waals surface area (Å²) in [7, 11) is 0. The molecule has 0 saturated heterocycles. The summed E-state index contributed by atoms with van der Waals surface area (Å²) in [5.41, 5.74) is 0. The first-order valence-electron chi connectivity index (χ1n) is 12.9. The van der Waals surface area contributed by atoms with Crippen LogP contribution in [0.1, 0.15) is 69.2 Å². The first-order chi connectivity index (χ1) is 15.1. The average molecular weight is 556 g/mol. The second-order valence-electron chi connectivity index (χ2n) is 10.7. The van der Waals surface area contributed by atoms with Crippen LogP contribution >= 0.6 is 0 Å². The summed E-state index contributed by atoms with van der Waals surface area (Å²) >= 11 is 0. The smallest absolute Gasteiger partial charge is 0.358 e. The largest absolute Gasteiger partial charge is 4.00 e. The van der Waals surface area contributed by atoms with E-state index in [1.54, 1.807) is 0 Å². The van der Waals surface area contributed by atoms with Gasteiger partial charge in [-0.3, -0.25) is 0 Å². The first kappa shape index (κ1) is 38.8. The summed E-state index contributed by atoms with van der Waals surface area (Å²) in [4.78, 5) is 0. The predicted octanol–water partition coefficient (Wildman–Crippen LogP) is 10.2. The zero-order chi connectivity index (χ0) is 24.3. The summed E-state index contributed by atoms with van der Waals surface area (Å²) in [6.07, 6.45) is 0. The molecule has 1 heteroatoms. The van der Waals surface area contributed by atoms with Gasteiger partial charge in [-0.05, 0) is 59.2 Å². The molecule has 2 aliphatic carbocycles. The van der Waals surface area contributed by atoms with Gasteiger partial charge in [0, 0.05) is 0 Å². The molecule has 0 heterocycles. The Bertz CT molecular complexity index is 480. The molecule has 2 aromatic rings. The van der Waals surface area contributed by atoms with Gasteiger partial charge < -0.3 is 14.9 Å². The zero-order valence-corrected chi connectivity index (χ0v) is 27.5. The van der Waals surface area contributed by atoms with Gasteiger partial charge in [-0.2, -0.15) is 72.8 Å². The van der Waals surface area contributed by atoms with E-state index in [2.05, 4.69) is 81.4 Å². The maximum Gasteiger partial charge on any atom is 4.00 e. The Kier molecular flexibility index (Phi) is 22.6. The summed E-state index contributed by atoms with van der Waals surface area (Å²) in [5, 5.41) is 0. The minimum atomic E-state index is 0. The van der Waals surface area contributed by atoms with E-state index in [1.807, 2.05) is 60.7 Å². The van der Waals surface area contributed by atoms with Crippen molar-refractivity contribution in [3.05, 3.63) is 87.6 Å². The number of benzene rings is 2. The Morgan fingerprint density at radius 1 is 0.314 bits per heavy atom. The van der Waals surface area contributed by atoms with Crippen molar-refractivity contribution in [3.8, 4) is 0 Å². The number of rotatable bonds is 0. The molecule has 2 aromatic carbocycles. The van der Waals surface area contributed by atoms with E-state index in [0.29, 0.717) is 0 Å². The van der Waals surface area contributed by atoms with Crippen LogP contribution in [-0.4, -0.2) is 0 Å². The minimum absolute atomic E-state index is 0. The molecule has 2 aliphatic rings. The normalized spacial score (nSPS) is 34.5. The first-order valence-corrected chi connectivity index (χ1v) is 12.9. The van der Waals surface area contributed by atoms with Crippen LogP contribution in [0.3, 0.4) is 0 Å². The molecule has 196 valence electrons. The van der Waals surface area contributed by atoms with Crippen molar-refractivity contribution in [3.63, 3.8) is 0 Å². The molecule has 0 aromatic heterocycles. The maximum atomic E-state index is 2.89. The van der Waals surface area contributed by atoms with E-state index in [4.69, 9.17) is 0 Å². The number of hydrogen-bond donors (Lipinski definition) is 0. The second-order valence-corrected chi connectivity index (χ2v) is 10.7. The quantitative estimate of drug-likeness (QED) is 0.284. The Morgan fingerprint density at radius 2 is 0.457 bits per heavy atom. The van der Waals surface area contributed by atoms with Crippen molar-refractivity contribution in [1.29, 1.82) is 0 Å². The van der Waals surface area contributed by atoms with Crippen molar-refractivity contribution < 1.29 is 26.2 Å². The van der Waals surface area contributed by atoms with E-state index < -0.39 is 0 Å². The standard InChI is InChI=1S/2C10H20.2C6H5.2CH3.Zr/c2*1-6-7(2)9(4)10(5)8(6)3;2*1-2-4-6-5-3-1;;;/h2*6-10H,1-5H3;2*1-5H;2*1H3;/q;;4*-1;+4. The molecular formula is C34H56Zr. The van der Waals surface area contributed by atoms with E-state index >= 15 is 0 Å². The van der Waals surface area contributed by atoms with Crippen LogP contribution in [0.4, 0.5) is 0 Å². The third-order valence-electron chi connectivity index (χ3n) is 9.51. The van der Waals surface area contributed by atoms with Crippen LogP contribution in [0.5, 0.6) is 0 Å². The molecular weight excluding hydrogens is 500 g/mol. The molecule has 2 fully saturated rings. The molecule has 0 radical (unpaired) electrons. The average Bonchev–Trinajstić information content (AvgIpc) is 3.12. The fourth-order valence-corrected chi connectivity index (χ4v) is 5.47. The predicted molar refractivity (Wildman–Crippen MR) is 155 cm³/mol. The Labute approximate surface area is 241 Å². The molecule has 0 spiro atoms. The Morgan fingerprint density at radius 3 is 0.514 bits per heavy atom. The van der Waals surface area contributed by atoms with Gasteiger partial charge in [0.25, 0.3) is 0 Å². The van der Waals surface area contributed by atoms with Gasteiger partial charge in [0.15, 0.2) is 0 Å². The van der Waals surface area contributed by atoms with Crippen LogP contribution in [0, 0.1) is 86.2 Å². The van der Waals surface area contributed by atoms with Crippen LogP contribution in [0.2, 0.25) is 0 Å². The molecule has 4 rings (SSSR count). The fourth-order valence-electron chi connectivity index (χ4n) is 5.47. The Balaban J connectivity index is -0.000000388. The summed E-state index contributed by atoms with van der Waals surface area (Å²) < 4.78 is 0. The van der Waals surface area contributed by atoms with Crippen molar-refractivity contribution in [1.82, 2.24) is 0 Å². The van der Waals surface area contributed by atoms with Gasteiger partial charge in [-0.25, -0.2) is 0 Å². The van der Waals surface area contributed by atoms with Crippen molar-refractivity contribution >= 4 is 0 Å². The van der Waals surface area contributed by atoms with E-state index in [0.717, 1.165) is 59.2 Å². The van der Waals surface area contributed by atoms with Crippen molar-refractivity contribution in [2.75, 3.05) is 0 Å². The SMILES string of the molecule is CC1C(C)C(C)C(C)C1C.CC1C(C)C(C)C(C)C1C.[CH3-].[CH3-].[Zr+4].[c-]1ccccc1.[c-]1ccccc1. The van der Waals surface area contributed by atoms with Gasteiger partial charge >= 0.3 is 26.2 Å². The van der Waals surface area contributed by atoms with Crippen LogP contribution in [-0.2, 0) is 26.2 Å². The zero-order valence-electron chi connectivity index (χ0n) is 25.0. The molecule has 35 heavy (non-hydrogen) atoms. The van der Waals surface area contributed by atoms with Gasteiger partial charge in [0.1, 0.15) is 0 Å². The molecule has 0 unspecified atom stereocenters. The molecule has 0 nitrogen and oxygen atoms in total. The molecule has 0 N–H and O–H groups in total. The minimum Gasteiger partial charge on any atom is -0.358 e. The summed E-state index contributed by atoms with van der Waals surface area (Å²) in [5.74, 6) is 9.35. The van der Waals surface area contributed by atoms with Crippen LogP contribution in [0.15, 0.2) is 60.7 Å². The second kappa shape index (κ2) is 20.4. The topological polar surface area (TPSA) is 0 Å². The van der Waals surface area contributed by atoms with E-state index in [-0.39, 0.29) is 41.1 Å². The molecule has 0 amide bonds. The maximum absolute atomic E-state index is 2.89. The summed E-state index contributed by atoms with van der Waals surface area (Å²) in [6.45, 7) is 24.0. The third kappa shape index (κ3) is 12.4. The third-order valence-corrected chi connectivity index (χ3v) is 9.51. The van der Waals surface area contributed by atoms with Crippen molar-refractivity contribution in [2.45, 2.75) is 69.2 Å². The molecule has 0 aliphatic heterocycles. The van der Waals surface area contributed by atoms with E-state index in [1.165, 1.54) is 0 Å². The monoisotopic (exact) mass is 554 g/mol. The van der Waals surface area contributed by atoms with Crippen molar-refractivity contribution in [2.24, 2.45) is 59.2 Å². The van der Waals surface area contributed by atoms with Gasteiger partial charge in [0.2, 0.25) is 0 Å². The van der Waals surface area contributed by atoms with Gasteiger partial charge in [-0.1, -0.05) is 69.2 Å². The number of hydrogen-bond acceptors (Lipinski definition) is 0. The van der Waals surface area contributed by atoms with E-state index in [9.17, 15) is 0 Å². The molecule has 0 bridgehead atoms. The van der Waals surface area contributed by atoms with Gasteiger partial charge in [-0.15, -0.1) is 0 Å².